The fourth-order valence-corrected chi connectivity index (χ4v) is 2.89. The number of rotatable bonds is 5. The van der Waals surface area contributed by atoms with E-state index >= 15 is 0 Å². The summed E-state index contributed by atoms with van der Waals surface area (Å²) in [6.07, 6.45) is 1.54. The van der Waals surface area contributed by atoms with Crippen molar-refractivity contribution in [3.8, 4) is 11.3 Å². The van der Waals surface area contributed by atoms with E-state index in [-0.39, 0.29) is 11.3 Å². The Kier molecular flexibility index (Phi) is 4.66. The van der Waals surface area contributed by atoms with Gasteiger partial charge in [0.25, 0.3) is 5.69 Å². The van der Waals surface area contributed by atoms with Crippen LogP contribution in [0.3, 0.4) is 0 Å². The van der Waals surface area contributed by atoms with Crippen LogP contribution in [-0.4, -0.2) is 28.0 Å². The monoisotopic (exact) mass is 389 g/mol. The number of carbonyl (C=O) groups is 1. The Morgan fingerprint density at radius 1 is 1.14 bits per heavy atom. The number of nitrogens with zero attached hydrogens (tertiary/aromatic N) is 2. The highest BCUT2D eigenvalue weighted by molar-refractivity contribution is 6.20. The lowest BCUT2D eigenvalue weighted by Gasteiger charge is -2.01. The number of ether oxygens (including phenoxy) is 1. The number of aromatic amines is 1. The van der Waals surface area contributed by atoms with Gasteiger partial charge >= 0.3 is 5.97 Å². The number of fused-ring (bicyclic) bond motifs is 1. The van der Waals surface area contributed by atoms with E-state index in [1.54, 1.807) is 30.3 Å². The van der Waals surface area contributed by atoms with E-state index < -0.39 is 10.9 Å². The lowest BCUT2D eigenvalue weighted by molar-refractivity contribution is -0.384. The third-order valence-electron chi connectivity index (χ3n) is 4.33. The Balaban J connectivity index is 1.70. The SMILES string of the molecule is COC(=O)C(=Cc1ccc(-c2ccc([N+](=O)[O-])cc2)o1)c1nc2ccccc2[nH]1. The van der Waals surface area contributed by atoms with Crippen molar-refractivity contribution in [1.29, 1.82) is 0 Å². The molecule has 0 spiro atoms. The molecule has 0 radical (unpaired) electrons. The third kappa shape index (κ3) is 3.63. The lowest BCUT2D eigenvalue weighted by Crippen LogP contribution is -2.05. The molecule has 4 aromatic rings. The highest BCUT2D eigenvalue weighted by Gasteiger charge is 2.18. The van der Waals surface area contributed by atoms with Crippen LogP contribution in [0.5, 0.6) is 0 Å². The van der Waals surface area contributed by atoms with Gasteiger partial charge in [-0.3, -0.25) is 10.1 Å². The van der Waals surface area contributed by atoms with Crippen LogP contribution in [0.2, 0.25) is 0 Å². The number of H-pyrrole nitrogens is 1. The maximum Gasteiger partial charge on any atom is 0.341 e. The quantitative estimate of drug-likeness (QED) is 0.234. The van der Waals surface area contributed by atoms with Crippen LogP contribution in [0.15, 0.2) is 65.1 Å². The van der Waals surface area contributed by atoms with Gasteiger partial charge in [-0.2, -0.15) is 0 Å². The number of furan rings is 1. The standard InChI is InChI=1S/C21H15N3O5/c1-28-21(25)16(20-22-17-4-2-3-5-18(17)23-20)12-15-10-11-19(29-15)13-6-8-14(9-7-13)24(26)27/h2-12H,1H3,(H,22,23). The second-order valence-corrected chi connectivity index (χ2v) is 6.16. The van der Waals surface area contributed by atoms with Gasteiger partial charge in [0.1, 0.15) is 22.9 Å². The van der Waals surface area contributed by atoms with Crippen LogP contribution in [0.1, 0.15) is 11.6 Å². The van der Waals surface area contributed by atoms with Crippen molar-refractivity contribution < 1.29 is 18.9 Å². The van der Waals surface area contributed by atoms with Gasteiger partial charge in [-0.25, -0.2) is 9.78 Å². The molecule has 2 heterocycles. The van der Waals surface area contributed by atoms with E-state index in [4.69, 9.17) is 9.15 Å². The number of non-ortho nitro benzene ring substituents is 1. The number of nitrogens with one attached hydrogen (secondary N) is 1. The van der Waals surface area contributed by atoms with E-state index in [0.29, 0.717) is 22.9 Å². The molecule has 2 aromatic heterocycles. The Morgan fingerprint density at radius 3 is 2.59 bits per heavy atom. The molecular weight excluding hydrogens is 374 g/mol. The van der Waals surface area contributed by atoms with Gasteiger partial charge in [-0.15, -0.1) is 0 Å². The number of para-hydroxylation sites is 2. The van der Waals surface area contributed by atoms with E-state index in [0.717, 1.165) is 11.0 Å². The molecule has 0 aliphatic heterocycles. The van der Waals surface area contributed by atoms with Crippen LogP contribution in [0.4, 0.5) is 5.69 Å². The van der Waals surface area contributed by atoms with Crippen molar-refractivity contribution in [3.63, 3.8) is 0 Å². The molecule has 144 valence electrons. The van der Waals surface area contributed by atoms with Crippen LogP contribution in [0, 0.1) is 10.1 Å². The molecule has 8 nitrogen and oxygen atoms in total. The number of nitro benzene ring substituents is 1. The number of nitro groups is 1. The first kappa shape index (κ1) is 18.2. The second-order valence-electron chi connectivity index (χ2n) is 6.16. The predicted octanol–water partition coefficient (Wildman–Crippen LogP) is 4.44. The highest BCUT2D eigenvalue weighted by Crippen LogP contribution is 2.27. The first-order valence-electron chi connectivity index (χ1n) is 8.65. The topological polar surface area (TPSA) is 111 Å². The summed E-state index contributed by atoms with van der Waals surface area (Å²) in [7, 11) is 1.29. The molecule has 0 bridgehead atoms. The summed E-state index contributed by atoms with van der Waals surface area (Å²) in [5, 5.41) is 10.8. The number of methoxy groups -OCH3 is 1. The molecule has 1 N–H and O–H groups in total. The normalized spacial score (nSPS) is 11.6. The largest absolute Gasteiger partial charge is 0.465 e. The Labute approximate surface area is 164 Å². The minimum Gasteiger partial charge on any atom is -0.465 e. The summed E-state index contributed by atoms with van der Waals surface area (Å²) in [6, 6.07) is 16.9. The van der Waals surface area contributed by atoms with Crippen molar-refractivity contribution in [3.05, 3.63) is 82.4 Å². The molecule has 0 saturated heterocycles. The van der Waals surface area contributed by atoms with Crippen molar-refractivity contribution in [2.24, 2.45) is 0 Å². The summed E-state index contributed by atoms with van der Waals surface area (Å²) < 4.78 is 10.7. The van der Waals surface area contributed by atoms with Gasteiger partial charge in [0.2, 0.25) is 0 Å². The smallest absolute Gasteiger partial charge is 0.341 e. The molecular formula is C21H15N3O5. The van der Waals surface area contributed by atoms with E-state index in [1.165, 1.54) is 19.2 Å². The summed E-state index contributed by atoms with van der Waals surface area (Å²) >= 11 is 0. The zero-order valence-electron chi connectivity index (χ0n) is 15.3. The van der Waals surface area contributed by atoms with Crippen molar-refractivity contribution in [2.45, 2.75) is 0 Å². The summed E-state index contributed by atoms with van der Waals surface area (Å²) in [5.74, 6) is 0.739. The predicted molar refractivity (Wildman–Crippen MR) is 107 cm³/mol. The molecule has 0 atom stereocenters. The fourth-order valence-electron chi connectivity index (χ4n) is 2.89. The summed E-state index contributed by atoms with van der Waals surface area (Å²) in [6.45, 7) is 0. The molecule has 0 fully saturated rings. The molecule has 2 aromatic carbocycles. The molecule has 29 heavy (non-hydrogen) atoms. The zero-order chi connectivity index (χ0) is 20.4. The fraction of sp³-hybridized carbons (Fsp3) is 0.0476. The van der Waals surface area contributed by atoms with Gasteiger partial charge < -0.3 is 14.1 Å². The highest BCUT2D eigenvalue weighted by atomic mass is 16.6. The maximum atomic E-state index is 12.3. The van der Waals surface area contributed by atoms with Crippen LogP contribution >= 0.6 is 0 Å². The first-order valence-corrected chi connectivity index (χ1v) is 8.65. The molecule has 0 unspecified atom stereocenters. The van der Waals surface area contributed by atoms with Crippen LogP contribution in [-0.2, 0) is 9.53 Å². The van der Waals surface area contributed by atoms with Gasteiger partial charge in [-0.05, 0) is 42.5 Å². The van der Waals surface area contributed by atoms with E-state index in [9.17, 15) is 14.9 Å². The first-order chi connectivity index (χ1) is 14.0. The van der Waals surface area contributed by atoms with E-state index in [1.807, 2.05) is 24.3 Å². The van der Waals surface area contributed by atoms with E-state index in [2.05, 4.69) is 9.97 Å². The number of carbonyl (C=O) groups excluding carboxylic acids is 1. The molecule has 4 rings (SSSR count). The van der Waals surface area contributed by atoms with Gasteiger partial charge in [0.05, 0.1) is 23.1 Å². The Morgan fingerprint density at radius 2 is 1.90 bits per heavy atom. The van der Waals surface area contributed by atoms with Crippen molar-refractivity contribution in [1.82, 2.24) is 9.97 Å². The number of esters is 1. The minimum absolute atomic E-state index is 0.00158. The summed E-state index contributed by atoms with van der Waals surface area (Å²) in [4.78, 5) is 30.2. The van der Waals surface area contributed by atoms with Crippen molar-refractivity contribution in [2.75, 3.05) is 7.11 Å². The van der Waals surface area contributed by atoms with Crippen molar-refractivity contribution >= 4 is 34.3 Å². The second kappa shape index (κ2) is 7.43. The molecule has 8 heteroatoms. The number of imidazole rings is 1. The lowest BCUT2D eigenvalue weighted by atomic mass is 10.1. The Hall–Kier alpha value is -4.20. The zero-order valence-corrected chi connectivity index (χ0v) is 15.3. The Bertz CT molecular complexity index is 1200. The number of aromatic nitrogens is 2. The molecule has 0 aliphatic rings. The van der Waals surface area contributed by atoms with Crippen LogP contribution < -0.4 is 0 Å². The minimum atomic E-state index is -0.558. The average molecular weight is 389 g/mol. The molecule has 0 amide bonds. The maximum absolute atomic E-state index is 12.3. The molecule has 0 aliphatic carbocycles. The number of hydrogen-bond donors (Lipinski definition) is 1. The third-order valence-corrected chi connectivity index (χ3v) is 4.33. The van der Waals surface area contributed by atoms with Gasteiger partial charge in [0.15, 0.2) is 0 Å². The van der Waals surface area contributed by atoms with Gasteiger partial charge in [0, 0.05) is 17.7 Å². The average Bonchev–Trinajstić information content (AvgIpc) is 3.38. The molecule has 0 saturated carbocycles. The van der Waals surface area contributed by atoms with Gasteiger partial charge in [-0.1, -0.05) is 12.1 Å². The number of hydrogen-bond acceptors (Lipinski definition) is 6. The van der Waals surface area contributed by atoms with Crippen LogP contribution in [0.25, 0.3) is 34.0 Å². The number of benzene rings is 2. The summed E-state index contributed by atoms with van der Waals surface area (Å²) in [5.41, 5.74) is 2.41.